The van der Waals surface area contributed by atoms with Gasteiger partial charge in [-0.2, -0.15) is 0 Å². The fourth-order valence-corrected chi connectivity index (χ4v) is 12.3. The Morgan fingerprint density at radius 1 is 0.243 bits per heavy atom. The third-order valence-corrected chi connectivity index (χ3v) is 15.5. The molecule has 0 bridgehead atoms. The lowest BCUT2D eigenvalue weighted by Crippen LogP contribution is -2.28. The summed E-state index contributed by atoms with van der Waals surface area (Å²) in [6.45, 7) is 0. The first-order valence-electron chi connectivity index (χ1n) is 25.7. The molecule has 14 rings (SSSR count). The third kappa shape index (κ3) is 6.93. The number of anilines is 3. The predicted molar refractivity (Wildman–Crippen MR) is 313 cm³/mol. The molecule has 1 nitrogen and oxygen atoms in total. The van der Waals surface area contributed by atoms with E-state index in [2.05, 4.69) is 302 Å². The maximum absolute atomic E-state index is 2.54. The van der Waals surface area contributed by atoms with Gasteiger partial charge in [-0.1, -0.05) is 261 Å². The molecular formula is C73H49N. The highest BCUT2D eigenvalue weighted by Gasteiger charge is 2.47. The van der Waals surface area contributed by atoms with Crippen LogP contribution in [0.1, 0.15) is 22.3 Å². The molecule has 0 fully saturated rings. The van der Waals surface area contributed by atoms with E-state index in [-0.39, 0.29) is 0 Å². The number of hydrogen-bond acceptors (Lipinski definition) is 1. The number of rotatable bonds is 9. The highest BCUT2D eigenvalue weighted by molar-refractivity contribution is 6.22. The second-order valence-corrected chi connectivity index (χ2v) is 19.5. The van der Waals surface area contributed by atoms with Gasteiger partial charge >= 0.3 is 0 Å². The van der Waals surface area contributed by atoms with Crippen LogP contribution in [0.25, 0.3) is 88.0 Å². The van der Waals surface area contributed by atoms with Crippen molar-refractivity contribution in [1.29, 1.82) is 0 Å². The van der Waals surface area contributed by atoms with Crippen LogP contribution in [0.15, 0.2) is 297 Å². The molecule has 346 valence electrons. The van der Waals surface area contributed by atoms with Gasteiger partial charge in [0.05, 0.1) is 16.8 Å². The first-order chi connectivity index (χ1) is 36.7. The smallest absolute Gasteiger partial charge is 0.0714 e. The minimum Gasteiger partial charge on any atom is -0.309 e. The van der Waals surface area contributed by atoms with Crippen molar-refractivity contribution in [2.24, 2.45) is 0 Å². The normalized spacial score (nSPS) is 12.4. The van der Waals surface area contributed by atoms with Gasteiger partial charge in [-0.25, -0.2) is 0 Å². The Kier molecular flexibility index (Phi) is 10.5. The molecule has 0 aliphatic heterocycles. The van der Waals surface area contributed by atoms with E-state index in [1.54, 1.807) is 0 Å². The summed E-state index contributed by atoms with van der Waals surface area (Å²) in [5.74, 6) is 0. The van der Waals surface area contributed by atoms with Crippen molar-refractivity contribution in [3.63, 3.8) is 0 Å². The largest absolute Gasteiger partial charge is 0.309 e. The fourth-order valence-electron chi connectivity index (χ4n) is 12.3. The van der Waals surface area contributed by atoms with Crippen molar-refractivity contribution in [2.75, 3.05) is 4.90 Å². The monoisotopic (exact) mass is 939 g/mol. The van der Waals surface area contributed by atoms with Crippen LogP contribution in [-0.2, 0) is 5.41 Å². The molecule has 0 saturated carbocycles. The van der Waals surface area contributed by atoms with Gasteiger partial charge in [-0.05, 0) is 135 Å². The molecule has 0 N–H and O–H groups in total. The van der Waals surface area contributed by atoms with E-state index in [0.29, 0.717) is 0 Å². The van der Waals surface area contributed by atoms with Crippen LogP contribution in [0, 0.1) is 0 Å². The number of nitrogens with zero attached hydrogens (tertiary/aromatic N) is 1. The second kappa shape index (κ2) is 17.9. The summed E-state index contributed by atoms with van der Waals surface area (Å²) >= 11 is 0. The quantitative estimate of drug-likeness (QED) is 0.130. The summed E-state index contributed by atoms with van der Waals surface area (Å²) < 4.78 is 0. The van der Waals surface area contributed by atoms with Crippen LogP contribution >= 0.6 is 0 Å². The standard InChI is InChI=1S/C73H49N/c1-5-24-51(25-6-1)70-63-37-16-15-36-61(63)62-46-45-56(49-65(62)71(70)52-26-7-2-8-27-52)60-35-18-20-41-68(60)74(59-34-21-29-54(48-59)55-44-43-50-23-13-14-28-53(50)47-55)69-42-22-40-67-72(69)64-38-17-19-39-66(64)73(67,57-30-9-3-10-31-57)58-32-11-4-12-33-58/h1-49H. The molecule has 0 unspecified atom stereocenters. The summed E-state index contributed by atoms with van der Waals surface area (Å²) in [6, 6.07) is 110. The fraction of sp³-hybridized carbons (Fsp3) is 0.0137. The molecule has 1 heteroatoms. The topological polar surface area (TPSA) is 3.24 Å². The van der Waals surface area contributed by atoms with E-state index in [0.717, 1.165) is 33.8 Å². The Bertz CT molecular complexity index is 4200. The Hall–Kier alpha value is -9.56. The van der Waals surface area contributed by atoms with Crippen LogP contribution < -0.4 is 4.90 Å². The number of fused-ring (bicyclic) bond motifs is 7. The van der Waals surface area contributed by atoms with Gasteiger partial charge < -0.3 is 4.90 Å². The van der Waals surface area contributed by atoms with E-state index in [1.165, 1.54) is 93.5 Å². The summed E-state index contributed by atoms with van der Waals surface area (Å²) in [6.07, 6.45) is 0. The van der Waals surface area contributed by atoms with Crippen LogP contribution in [0.5, 0.6) is 0 Å². The van der Waals surface area contributed by atoms with Crippen LogP contribution in [0.4, 0.5) is 17.1 Å². The van der Waals surface area contributed by atoms with Gasteiger partial charge in [0.1, 0.15) is 0 Å². The molecule has 0 atom stereocenters. The second-order valence-electron chi connectivity index (χ2n) is 19.5. The van der Waals surface area contributed by atoms with Crippen molar-refractivity contribution in [3.8, 4) is 55.6 Å². The molecule has 0 amide bonds. The van der Waals surface area contributed by atoms with Gasteiger partial charge in [0.2, 0.25) is 0 Å². The van der Waals surface area contributed by atoms with Gasteiger partial charge in [0.25, 0.3) is 0 Å². The first-order valence-corrected chi connectivity index (χ1v) is 25.7. The van der Waals surface area contributed by atoms with Crippen LogP contribution in [0.2, 0.25) is 0 Å². The number of hydrogen-bond donors (Lipinski definition) is 0. The zero-order chi connectivity index (χ0) is 49.0. The number of benzene rings is 13. The summed E-state index contributed by atoms with van der Waals surface area (Å²) in [5, 5.41) is 7.40. The molecule has 1 aliphatic rings. The lowest BCUT2D eigenvalue weighted by atomic mass is 9.68. The van der Waals surface area contributed by atoms with Crippen molar-refractivity contribution < 1.29 is 0 Å². The summed E-state index contributed by atoms with van der Waals surface area (Å²) in [5.41, 5.74) is 19.7. The van der Waals surface area contributed by atoms with Gasteiger partial charge in [-0.3, -0.25) is 0 Å². The molecule has 0 radical (unpaired) electrons. The minimum absolute atomic E-state index is 0.562. The average Bonchev–Trinajstić information content (AvgIpc) is 3.87. The SMILES string of the molecule is c1ccc(-c2c(-c3ccccc3)c3cc(-c4ccccc4N(c4cccc(-c5ccc6ccccc6c5)c4)c4cccc5c4-c4ccccc4C5(c4ccccc4)c4ccccc4)ccc3c3ccccc23)cc1. The first kappa shape index (κ1) is 43.2. The van der Waals surface area contributed by atoms with Crippen LogP contribution in [-0.4, -0.2) is 0 Å². The highest BCUT2D eigenvalue weighted by atomic mass is 15.1. The molecule has 13 aromatic rings. The molecule has 0 aromatic heterocycles. The van der Waals surface area contributed by atoms with E-state index >= 15 is 0 Å². The Balaban J connectivity index is 1.06. The van der Waals surface area contributed by atoms with Crippen molar-refractivity contribution in [2.45, 2.75) is 5.41 Å². The average molecular weight is 940 g/mol. The maximum Gasteiger partial charge on any atom is 0.0714 e. The van der Waals surface area contributed by atoms with Crippen molar-refractivity contribution in [3.05, 3.63) is 320 Å². The van der Waals surface area contributed by atoms with Gasteiger partial charge in [-0.15, -0.1) is 0 Å². The molecule has 1 aliphatic carbocycles. The zero-order valence-corrected chi connectivity index (χ0v) is 40.7. The van der Waals surface area contributed by atoms with Crippen molar-refractivity contribution >= 4 is 49.4 Å². The maximum atomic E-state index is 2.54. The van der Waals surface area contributed by atoms with Crippen molar-refractivity contribution in [1.82, 2.24) is 0 Å². The minimum atomic E-state index is -0.562. The van der Waals surface area contributed by atoms with Gasteiger partial charge in [0.15, 0.2) is 0 Å². The molecule has 74 heavy (non-hydrogen) atoms. The van der Waals surface area contributed by atoms with Gasteiger partial charge in [0, 0.05) is 16.8 Å². The molecule has 0 saturated heterocycles. The number of para-hydroxylation sites is 1. The van der Waals surface area contributed by atoms with E-state index in [4.69, 9.17) is 0 Å². The summed E-state index contributed by atoms with van der Waals surface area (Å²) in [4.78, 5) is 2.54. The Labute approximate surface area is 432 Å². The lowest BCUT2D eigenvalue weighted by molar-refractivity contribution is 0.768. The highest BCUT2D eigenvalue weighted by Crippen LogP contribution is 2.60. The summed E-state index contributed by atoms with van der Waals surface area (Å²) in [7, 11) is 0. The molecule has 0 heterocycles. The van der Waals surface area contributed by atoms with Crippen LogP contribution in [0.3, 0.4) is 0 Å². The third-order valence-electron chi connectivity index (χ3n) is 15.5. The molecule has 0 spiro atoms. The molecule has 13 aromatic carbocycles. The zero-order valence-electron chi connectivity index (χ0n) is 40.7. The Morgan fingerprint density at radius 2 is 0.743 bits per heavy atom. The lowest BCUT2D eigenvalue weighted by Gasteiger charge is -2.34. The van der Waals surface area contributed by atoms with E-state index < -0.39 is 5.41 Å². The molecular weight excluding hydrogens is 891 g/mol. The Morgan fingerprint density at radius 3 is 1.47 bits per heavy atom. The van der Waals surface area contributed by atoms with E-state index in [9.17, 15) is 0 Å². The predicted octanol–water partition coefficient (Wildman–Crippen LogP) is 19.6. The van der Waals surface area contributed by atoms with E-state index in [1.807, 2.05) is 0 Å².